The SMILES string of the molecule is C=C[C@@H]1C[C@]1(CC(=O)[C@@H]1C[C@@]2(CN1C(=O)[C@@H](CC(=O)[C@@H](NC(=O)CC1CCCCO1)C1CCCCC1)C(C)(C)C)C(C)(C)C21CCC1)C(=O)NS(=O)(=O)N1CCCC1. The number of ketones is 2. The van der Waals surface area contributed by atoms with Gasteiger partial charge in [-0.3, -0.25) is 24.0 Å². The first-order valence-electron chi connectivity index (χ1n) is 22.5. The molecule has 4 saturated carbocycles. The van der Waals surface area contributed by atoms with Crippen LogP contribution in [-0.2, 0) is 38.9 Å². The molecule has 0 aromatic carbocycles. The minimum Gasteiger partial charge on any atom is -0.378 e. The summed E-state index contributed by atoms with van der Waals surface area (Å²) in [6, 6.07) is -1.50. The van der Waals surface area contributed by atoms with E-state index in [1.54, 1.807) is 11.0 Å². The highest BCUT2D eigenvalue weighted by atomic mass is 32.2. The number of nitrogens with one attached hydrogen (secondary N) is 2. The summed E-state index contributed by atoms with van der Waals surface area (Å²) in [5.74, 6) is -2.60. The van der Waals surface area contributed by atoms with Crippen molar-refractivity contribution in [2.75, 3.05) is 26.2 Å². The summed E-state index contributed by atoms with van der Waals surface area (Å²) < 4.78 is 35.8. The van der Waals surface area contributed by atoms with Gasteiger partial charge in [-0.25, -0.2) is 4.72 Å². The minimum atomic E-state index is -4.06. The molecule has 12 nitrogen and oxygen atoms in total. The Kier molecular flexibility index (Phi) is 12.0. The summed E-state index contributed by atoms with van der Waals surface area (Å²) in [5, 5.41) is 3.13. The highest BCUT2D eigenvalue weighted by molar-refractivity contribution is 7.87. The molecule has 3 heterocycles. The second-order valence-corrected chi connectivity index (χ2v) is 22.6. The summed E-state index contributed by atoms with van der Waals surface area (Å²) in [7, 11) is -4.06. The molecule has 13 heteroatoms. The first-order valence-corrected chi connectivity index (χ1v) is 24.0. The van der Waals surface area contributed by atoms with Crippen LogP contribution in [0.3, 0.4) is 0 Å². The predicted molar refractivity (Wildman–Crippen MR) is 220 cm³/mol. The topological polar surface area (TPSA) is 159 Å². The molecule has 58 heavy (non-hydrogen) atoms. The third-order valence-corrected chi connectivity index (χ3v) is 18.2. The van der Waals surface area contributed by atoms with E-state index in [-0.39, 0.29) is 76.8 Å². The average molecular weight is 827 g/mol. The lowest BCUT2D eigenvalue weighted by Gasteiger charge is -2.37. The van der Waals surface area contributed by atoms with Crippen LogP contribution < -0.4 is 10.0 Å². The molecule has 2 N–H and O–H groups in total. The molecule has 0 aromatic heterocycles. The molecule has 324 valence electrons. The quantitative estimate of drug-likeness (QED) is 0.189. The first kappa shape index (κ1) is 43.4. The number of hydrogen-bond donors (Lipinski definition) is 2. The van der Waals surface area contributed by atoms with Gasteiger partial charge in [-0.15, -0.1) is 6.58 Å². The normalized spacial score (nSPS) is 32.9. The fraction of sp³-hybridized carbons (Fsp3) is 0.844. The maximum absolute atomic E-state index is 15.3. The van der Waals surface area contributed by atoms with Gasteiger partial charge >= 0.3 is 10.2 Å². The van der Waals surface area contributed by atoms with E-state index in [1.165, 1.54) is 4.31 Å². The fourth-order valence-corrected chi connectivity index (χ4v) is 13.9. The van der Waals surface area contributed by atoms with Crippen molar-refractivity contribution in [2.24, 2.45) is 44.8 Å². The number of carbonyl (C=O) groups is 5. The van der Waals surface area contributed by atoms with Gasteiger partial charge in [0.2, 0.25) is 17.7 Å². The van der Waals surface area contributed by atoms with Crippen LogP contribution in [0.15, 0.2) is 12.7 Å². The van der Waals surface area contributed by atoms with E-state index in [0.29, 0.717) is 39.1 Å². The van der Waals surface area contributed by atoms with Gasteiger partial charge in [0.15, 0.2) is 11.6 Å². The Labute approximate surface area is 347 Å². The molecular formula is C45H70N4O8S. The van der Waals surface area contributed by atoms with E-state index >= 15 is 4.79 Å². The summed E-state index contributed by atoms with van der Waals surface area (Å²) in [4.78, 5) is 73.9. The van der Waals surface area contributed by atoms with E-state index in [4.69, 9.17) is 4.74 Å². The number of fused-ring (bicyclic) bond motifs is 1. The lowest BCUT2D eigenvalue weighted by Crippen LogP contribution is -2.51. The maximum Gasteiger partial charge on any atom is 0.303 e. The number of allylic oxidation sites excluding steroid dienone is 1. The Morgan fingerprint density at radius 3 is 2.12 bits per heavy atom. The Balaban J connectivity index is 1.14. The van der Waals surface area contributed by atoms with Crippen molar-refractivity contribution in [2.45, 2.75) is 168 Å². The Morgan fingerprint density at radius 1 is 0.897 bits per heavy atom. The lowest BCUT2D eigenvalue weighted by atomic mass is 9.73. The molecule has 0 aromatic rings. The van der Waals surface area contributed by atoms with Crippen molar-refractivity contribution in [3.05, 3.63) is 12.7 Å². The second-order valence-electron chi connectivity index (χ2n) is 20.9. The molecule has 0 radical (unpaired) electrons. The standard InChI is InChI=1S/C45H70N4O8S/c1-7-31-26-43(31,40(54)47-58(55,56)48-21-12-13-22-48)28-36(51)34-27-45(42(5,6)44(45)19-15-20-44)29-49(34)39(53)33(41(2,3)4)25-35(50)38(30-16-9-8-10-17-30)46-37(52)24-32-18-11-14-23-57-32/h7,30-34,38H,1,8-29H2,2-6H3,(H,46,52)(H,47,54)/t31-,32?,33-,34+,38+,43-,45-/m1/s1. The molecule has 7 rings (SSSR count). The molecule has 3 saturated heterocycles. The van der Waals surface area contributed by atoms with Crippen molar-refractivity contribution in [3.63, 3.8) is 0 Å². The number of rotatable bonds is 15. The van der Waals surface area contributed by atoms with Gasteiger partial charge in [-0.1, -0.05) is 66.4 Å². The van der Waals surface area contributed by atoms with E-state index in [0.717, 1.165) is 83.5 Å². The Morgan fingerprint density at radius 2 is 1.57 bits per heavy atom. The van der Waals surface area contributed by atoms with Crippen molar-refractivity contribution in [3.8, 4) is 0 Å². The number of hydrogen-bond acceptors (Lipinski definition) is 8. The van der Waals surface area contributed by atoms with Gasteiger partial charge in [0, 0.05) is 50.4 Å². The third-order valence-electron chi connectivity index (χ3n) is 16.7. The molecule has 0 bridgehead atoms. The molecule has 7 aliphatic rings. The van der Waals surface area contributed by atoms with Gasteiger partial charge in [0.1, 0.15) is 0 Å². The van der Waals surface area contributed by atoms with Gasteiger partial charge in [0.25, 0.3) is 0 Å². The number of amides is 3. The van der Waals surface area contributed by atoms with Crippen LogP contribution >= 0.6 is 0 Å². The predicted octanol–water partition coefficient (Wildman–Crippen LogP) is 6.04. The third kappa shape index (κ3) is 7.64. The summed E-state index contributed by atoms with van der Waals surface area (Å²) in [6.45, 7) is 16.1. The Hall–Kier alpha value is -2.64. The number of carbonyl (C=O) groups excluding carboxylic acids is 5. The van der Waals surface area contributed by atoms with Gasteiger partial charge < -0.3 is 15.0 Å². The van der Waals surface area contributed by atoms with E-state index in [9.17, 15) is 27.6 Å². The van der Waals surface area contributed by atoms with E-state index < -0.39 is 44.9 Å². The van der Waals surface area contributed by atoms with Gasteiger partial charge in [0.05, 0.1) is 30.0 Å². The zero-order valence-electron chi connectivity index (χ0n) is 35.9. The van der Waals surface area contributed by atoms with Crippen LogP contribution in [-0.4, -0.2) is 91.3 Å². The van der Waals surface area contributed by atoms with E-state index in [1.807, 2.05) is 20.8 Å². The maximum atomic E-state index is 15.3. The van der Waals surface area contributed by atoms with Crippen LogP contribution in [0.5, 0.6) is 0 Å². The monoisotopic (exact) mass is 826 g/mol. The number of Topliss-reactive ketones (excluding diaryl/α,β-unsaturated/α-hetero) is 2. The summed E-state index contributed by atoms with van der Waals surface area (Å²) in [5.41, 5.74) is -2.23. The van der Waals surface area contributed by atoms with Crippen molar-refractivity contribution >= 4 is 39.5 Å². The molecule has 3 aliphatic heterocycles. The number of ether oxygens (including phenoxy) is 1. The molecule has 4 aliphatic carbocycles. The van der Waals surface area contributed by atoms with Crippen LogP contribution in [0.25, 0.3) is 0 Å². The smallest absolute Gasteiger partial charge is 0.303 e. The minimum absolute atomic E-state index is 0.00344. The molecular weight excluding hydrogens is 757 g/mol. The molecule has 7 atom stereocenters. The number of nitrogens with zero attached hydrogens (tertiary/aromatic N) is 2. The van der Waals surface area contributed by atoms with Crippen LogP contribution in [0.4, 0.5) is 0 Å². The second kappa shape index (κ2) is 16.0. The van der Waals surface area contributed by atoms with Crippen LogP contribution in [0, 0.1) is 44.8 Å². The van der Waals surface area contributed by atoms with Crippen LogP contribution in [0.2, 0.25) is 0 Å². The highest BCUT2D eigenvalue weighted by Gasteiger charge is 2.85. The zero-order chi connectivity index (χ0) is 41.9. The summed E-state index contributed by atoms with van der Waals surface area (Å²) >= 11 is 0. The average Bonchev–Trinajstić information content (AvgIpc) is 3.62. The Bertz CT molecular complexity index is 1750. The number of likely N-dealkylation sites (tertiary alicyclic amines) is 1. The van der Waals surface area contributed by atoms with Crippen molar-refractivity contribution in [1.82, 2.24) is 19.2 Å². The van der Waals surface area contributed by atoms with Gasteiger partial charge in [-0.05, 0) is 98.7 Å². The largest absolute Gasteiger partial charge is 0.378 e. The lowest BCUT2D eigenvalue weighted by molar-refractivity contribution is -0.147. The molecule has 3 amide bonds. The van der Waals surface area contributed by atoms with Crippen molar-refractivity contribution < 1.29 is 37.1 Å². The fourth-order valence-electron chi connectivity index (χ4n) is 12.6. The highest BCUT2D eigenvalue weighted by Crippen LogP contribution is 2.88. The zero-order valence-corrected chi connectivity index (χ0v) is 36.7. The molecule has 1 unspecified atom stereocenters. The van der Waals surface area contributed by atoms with Crippen LogP contribution in [0.1, 0.15) is 150 Å². The molecule has 7 fully saturated rings. The van der Waals surface area contributed by atoms with Crippen molar-refractivity contribution in [1.29, 1.82) is 0 Å². The summed E-state index contributed by atoms with van der Waals surface area (Å²) in [6.07, 6.45) is 14.5. The molecule has 2 spiro atoms. The first-order chi connectivity index (χ1) is 27.3. The van der Waals surface area contributed by atoms with E-state index in [2.05, 4.69) is 30.5 Å². The van der Waals surface area contributed by atoms with Gasteiger partial charge in [-0.2, -0.15) is 12.7 Å².